The summed E-state index contributed by atoms with van der Waals surface area (Å²) in [7, 11) is 0. The average molecular weight is 309 g/mol. The zero-order valence-corrected chi connectivity index (χ0v) is 11.9. The number of halogens is 3. The molecule has 0 amide bonds. The molecule has 0 radical (unpaired) electrons. The van der Waals surface area contributed by atoms with Gasteiger partial charge in [0.15, 0.2) is 0 Å². The van der Waals surface area contributed by atoms with Crippen LogP contribution in [0.5, 0.6) is 5.75 Å². The minimum atomic E-state index is -4.77. The van der Waals surface area contributed by atoms with Gasteiger partial charge >= 0.3 is 6.36 Å². The molecule has 0 saturated carbocycles. The van der Waals surface area contributed by atoms with Gasteiger partial charge in [0.2, 0.25) is 0 Å². The molecule has 0 N–H and O–H groups in total. The molecule has 0 saturated heterocycles. The molecule has 2 rings (SSSR count). The number of benzene rings is 1. The Labute approximate surface area is 125 Å². The van der Waals surface area contributed by atoms with Gasteiger partial charge in [0.05, 0.1) is 17.8 Å². The van der Waals surface area contributed by atoms with Crippen LogP contribution in [0.15, 0.2) is 30.6 Å². The highest BCUT2D eigenvalue weighted by atomic mass is 19.4. The van der Waals surface area contributed by atoms with Crippen molar-refractivity contribution in [2.75, 3.05) is 0 Å². The number of unbranched alkanes of at least 4 members (excludes halogenated alkanes) is 1. The summed E-state index contributed by atoms with van der Waals surface area (Å²) in [4.78, 5) is 0. The van der Waals surface area contributed by atoms with Gasteiger partial charge in [-0.3, -0.25) is 4.68 Å². The van der Waals surface area contributed by atoms with Gasteiger partial charge in [0.25, 0.3) is 0 Å². The van der Waals surface area contributed by atoms with Crippen molar-refractivity contribution in [3.63, 3.8) is 0 Å². The van der Waals surface area contributed by atoms with Gasteiger partial charge in [-0.1, -0.05) is 13.3 Å². The van der Waals surface area contributed by atoms with Crippen LogP contribution < -0.4 is 4.74 Å². The number of ether oxygens (including phenoxy) is 1. The molecule has 4 nitrogen and oxygen atoms in total. The third kappa shape index (κ3) is 4.01. The van der Waals surface area contributed by atoms with E-state index in [0.717, 1.165) is 25.5 Å². The number of rotatable bonds is 5. The Morgan fingerprint density at radius 2 is 2.14 bits per heavy atom. The molecule has 0 aliphatic carbocycles. The van der Waals surface area contributed by atoms with Crippen LogP contribution in [0, 0.1) is 11.3 Å². The van der Waals surface area contributed by atoms with E-state index in [4.69, 9.17) is 5.26 Å². The summed E-state index contributed by atoms with van der Waals surface area (Å²) in [5.74, 6) is -0.359. The SMILES string of the molecule is CCCCn1cc(-c2cc(OC(F)(F)F)ccc2C#N)cn1. The van der Waals surface area contributed by atoms with Crippen LogP contribution in [0.25, 0.3) is 11.1 Å². The van der Waals surface area contributed by atoms with E-state index in [-0.39, 0.29) is 11.3 Å². The van der Waals surface area contributed by atoms with Crippen molar-refractivity contribution in [1.82, 2.24) is 9.78 Å². The highest BCUT2D eigenvalue weighted by Crippen LogP contribution is 2.30. The summed E-state index contributed by atoms with van der Waals surface area (Å²) < 4.78 is 42.5. The van der Waals surface area contributed by atoms with Gasteiger partial charge in [-0.2, -0.15) is 10.4 Å². The third-order valence-corrected chi connectivity index (χ3v) is 3.03. The molecule has 0 spiro atoms. The van der Waals surface area contributed by atoms with Crippen molar-refractivity contribution < 1.29 is 17.9 Å². The minimum Gasteiger partial charge on any atom is -0.406 e. The Kier molecular flexibility index (Phi) is 4.71. The number of aryl methyl sites for hydroxylation is 1. The van der Waals surface area contributed by atoms with Gasteiger partial charge in [-0.25, -0.2) is 0 Å². The molecule has 1 aromatic carbocycles. The predicted octanol–water partition coefficient (Wildman–Crippen LogP) is 4.12. The molecular formula is C15H14F3N3O. The molecule has 0 atom stereocenters. The quantitative estimate of drug-likeness (QED) is 0.834. The summed E-state index contributed by atoms with van der Waals surface area (Å²) in [5, 5.41) is 13.3. The molecule has 0 unspecified atom stereocenters. The smallest absolute Gasteiger partial charge is 0.406 e. The molecule has 1 aromatic heterocycles. The van der Waals surface area contributed by atoms with Crippen LogP contribution in [-0.4, -0.2) is 16.1 Å². The number of alkyl halides is 3. The van der Waals surface area contributed by atoms with E-state index in [2.05, 4.69) is 16.8 Å². The molecule has 22 heavy (non-hydrogen) atoms. The maximum Gasteiger partial charge on any atom is 0.573 e. The van der Waals surface area contributed by atoms with Gasteiger partial charge in [-0.05, 0) is 24.6 Å². The second-order valence-corrected chi connectivity index (χ2v) is 4.71. The lowest BCUT2D eigenvalue weighted by molar-refractivity contribution is -0.274. The predicted molar refractivity (Wildman–Crippen MR) is 74.0 cm³/mol. The van der Waals surface area contributed by atoms with E-state index in [9.17, 15) is 13.2 Å². The number of aromatic nitrogens is 2. The first-order chi connectivity index (χ1) is 10.4. The molecular weight excluding hydrogens is 295 g/mol. The number of nitriles is 1. The summed E-state index contributed by atoms with van der Waals surface area (Å²) in [6, 6.07) is 5.59. The average Bonchev–Trinajstić information content (AvgIpc) is 2.92. The number of hydrogen-bond acceptors (Lipinski definition) is 3. The molecule has 2 aromatic rings. The highest BCUT2D eigenvalue weighted by Gasteiger charge is 2.31. The van der Waals surface area contributed by atoms with Crippen molar-refractivity contribution in [3.8, 4) is 22.9 Å². The van der Waals surface area contributed by atoms with E-state index in [1.165, 1.54) is 18.3 Å². The monoisotopic (exact) mass is 309 g/mol. The highest BCUT2D eigenvalue weighted by molar-refractivity contribution is 5.71. The first-order valence-corrected chi connectivity index (χ1v) is 6.75. The van der Waals surface area contributed by atoms with Gasteiger partial charge in [0, 0.05) is 23.9 Å². The lowest BCUT2D eigenvalue weighted by Crippen LogP contribution is -2.17. The Balaban J connectivity index is 2.33. The zero-order chi connectivity index (χ0) is 16.2. The maximum absolute atomic E-state index is 12.3. The summed E-state index contributed by atoms with van der Waals surface area (Å²) in [5.41, 5.74) is 1.22. The van der Waals surface area contributed by atoms with Crippen molar-refractivity contribution >= 4 is 0 Å². The first-order valence-electron chi connectivity index (χ1n) is 6.75. The Morgan fingerprint density at radius 3 is 2.77 bits per heavy atom. The van der Waals surface area contributed by atoms with Crippen LogP contribution in [0.4, 0.5) is 13.2 Å². The molecule has 0 bridgehead atoms. The summed E-state index contributed by atoms with van der Waals surface area (Å²) in [6.07, 6.45) is 0.431. The first kappa shape index (κ1) is 15.9. The molecule has 1 heterocycles. The van der Waals surface area contributed by atoms with E-state index in [0.29, 0.717) is 11.1 Å². The second-order valence-electron chi connectivity index (χ2n) is 4.71. The Hall–Kier alpha value is -2.49. The van der Waals surface area contributed by atoms with Crippen molar-refractivity contribution in [2.24, 2.45) is 0 Å². The van der Waals surface area contributed by atoms with Crippen LogP contribution in [0.3, 0.4) is 0 Å². The fourth-order valence-corrected chi connectivity index (χ4v) is 2.00. The van der Waals surface area contributed by atoms with Crippen LogP contribution >= 0.6 is 0 Å². The van der Waals surface area contributed by atoms with E-state index in [1.807, 2.05) is 6.07 Å². The molecule has 0 aliphatic heterocycles. The lowest BCUT2D eigenvalue weighted by Gasteiger charge is -2.10. The van der Waals surface area contributed by atoms with Crippen LogP contribution in [0.2, 0.25) is 0 Å². The topological polar surface area (TPSA) is 50.8 Å². The van der Waals surface area contributed by atoms with Crippen molar-refractivity contribution in [2.45, 2.75) is 32.7 Å². The number of nitrogens with zero attached hydrogens (tertiary/aromatic N) is 3. The Bertz CT molecular complexity index is 686. The molecule has 0 aliphatic rings. The van der Waals surface area contributed by atoms with E-state index < -0.39 is 6.36 Å². The fourth-order valence-electron chi connectivity index (χ4n) is 2.00. The minimum absolute atomic E-state index is 0.268. The maximum atomic E-state index is 12.3. The lowest BCUT2D eigenvalue weighted by atomic mass is 10.0. The van der Waals surface area contributed by atoms with Gasteiger partial charge in [0.1, 0.15) is 5.75 Å². The third-order valence-electron chi connectivity index (χ3n) is 3.03. The zero-order valence-electron chi connectivity index (χ0n) is 11.9. The van der Waals surface area contributed by atoms with Crippen LogP contribution in [-0.2, 0) is 6.54 Å². The van der Waals surface area contributed by atoms with Gasteiger partial charge in [-0.15, -0.1) is 13.2 Å². The van der Waals surface area contributed by atoms with Crippen molar-refractivity contribution in [3.05, 3.63) is 36.2 Å². The molecule has 116 valence electrons. The van der Waals surface area contributed by atoms with E-state index >= 15 is 0 Å². The number of hydrogen-bond donors (Lipinski definition) is 0. The molecule has 7 heteroatoms. The normalized spacial score (nSPS) is 11.2. The summed E-state index contributed by atoms with van der Waals surface area (Å²) >= 11 is 0. The fraction of sp³-hybridized carbons (Fsp3) is 0.333. The van der Waals surface area contributed by atoms with E-state index in [1.54, 1.807) is 10.9 Å². The largest absolute Gasteiger partial charge is 0.573 e. The van der Waals surface area contributed by atoms with Crippen LogP contribution in [0.1, 0.15) is 25.3 Å². The van der Waals surface area contributed by atoms with Gasteiger partial charge < -0.3 is 4.74 Å². The standard InChI is InChI=1S/C15H14F3N3O/c1-2-3-6-21-10-12(9-20-21)14-7-13(22-15(16,17)18)5-4-11(14)8-19/h4-5,7,9-10H,2-3,6H2,1H3. The summed E-state index contributed by atoms with van der Waals surface area (Å²) in [6.45, 7) is 2.77. The molecule has 0 fully saturated rings. The Morgan fingerprint density at radius 1 is 1.36 bits per heavy atom. The van der Waals surface area contributed by atoms with Crippen molar-refractivity contribution in [1.29, 1.82) is 5.26 Å². The second kappa shape index (κ2) is 6.52.